The van der Waals surface area contributed by atoms with Gasteiger partial charge in [0.15, 0.2) is 0 Å². The van der Waals surface area contributed by atoms with E-state index in [0.29, 0.717) is 30.3 Å². The molecule has 0 unspecified atom stereocenters. The zero-order valence-corrected chi connectivity index (χ0v) is 19.5. The van der Waals surface area contributed by atoms with Crippen molar-refractivity contribution in [2.45, 2.75) is 85.4 Å². The van der Waals surface area contributed by atoms with Crippen molar-refractivity contribution in [1.29, 1.82) is 0 Å². The van der Waals surface area contributed by atoms with Crippen molar-refractivity contribution in [3.63, 3.8) is 0 Å². The van der Waals surface area contributed by atoms with Crippen LogP contribution in [-0.4, -0.2) is 33.9 Å². The van der Waals surface area contributed by atoms with Gasteiger partial charge in [0.2, 0.25) is 0 Å². The highest BCUT2D eigenvalue weighted by Gasteiger charge is 2.62. The van der Waals surface area contributed by atoms with Gasteiger partial charge in [-0.1, -0.05) is 20.8 Å². The second kappa shape index (κ2) is 8.21. The Kier molecular flexibility index (Phi) is 6.29. The van der Waals surface area contributed by atoms with Crippen LogP contribution in [0.5, 0.6) is 11.5 Å². The number of benzene rings is 1. The van der Waals surface area contributed by atoms with Gasteiger partial charge in [0, 0.05) is 19.3 Å². The average molecular weight is 433 g/mol. The molecule has 2 saturated carbocycles. The number of aliphatic hydroxyl groups is 2. The maximum atomic E-state index is 11.7. The number of ether oxygens (including phenoxy) is 2. The van der Waals surface area contributed by atoms with E-state index in [1.165, 1.54) is 13.8 Å². The van der Waals surface area contributed by atoms with Crippen molar-refractivity contribution in [1.82, 2.24) is 0 Å². The van der Waals surface area contributed by atoms with Crippen molar-refractivity contribution in [2.24, 2.45) is 22.7 Å². The summed E-state index contributed by atoms with van der Waals surface area (Å²) in [6, 6.07) is 5.08. The molecule has 0 saturated heterocycles. The number of hydrogen-bond donors (Lipinski definition) is 2. The molecule has 0 aromatic heterocycles. The summed E-state index contributed by atoms with van der Waals surface area (Å²) >= 11 is 0. The second-order valence-corrected chi connectivity index (χ2v) is 10.3. The third kappa shape index (κ3) is 4.12. The molecule has 2 aliphatic carbocycles. The fourth-order valence-electron chi connectivity index (χ4n) is 6.22. The average Bonchev–Trinajstić information content (AvgIpc) is 2.65. The maximum absolute atomic E-state index is 11.7. The third-order valence-corrected chi connectivity index (χ3v) is 8.44. The van der Waals surface area contributed by atoms with Crippen molar-refractivity contribution in [3.8, 4) is 11.5 Å². The van der Waals surface area contributed by atoms with Gasteiger partial charge < -0.3 is 19.7 Å². The molecule has 0 heterocycles. The summed E-state index contributed by atoms with van der Waals surface area (Å²) in [5.41, 5.74) is -1.00. The molecule has 6 nitrogen and oxygen atoms in total. The topological polar surface area (TPSA) is 93.1 Å². The predicted octanol–water partition coefficient (Wildman–Crippen LogP) is 4.04. The fourth-order valence-corrected chi connectivity index (χ4v) is 6.22. The molecular weight excluding hydrogens is 396 g/mol. The van der Waals surface area contributed by atoms with Crippen molar-refractivity contribution >= 4 is 11.9 Å². The number of aliphatic hydroxyl groups excluding tert-OH is 1. The zero-order valence-electron chi connectivity index (χ0n) is 19.5. The van der Waals surface area contributed by atoms with Gasteiger partial charge in [-0.25, -0.2) is 0 Å². The highest BCUT2D eigenvalue weighted by Crippen LogP contribution is 2.64. The number of hydrogen-bond acceptors (Lipinski definition) is 6. The Balaban J connectivity index is 2.04. The molecule has 1 aromatic rings. The van der Waals surface area contributed by atoms with E-state index in [1.807, 2.05) is 0 Å². The van der Waals surface area contributed by atoms with E-state index in [2.05, 4.69) is 20.8 Å². The quantitative estimate of drug-likeness (QED) is 0.551. The lowest BCUT2D eigenvalue weighted by Gasteiger charge is -2.64. The van der Waals surface area contributed by atoms with Crippen LogP contribution in [0.25, 0.3) is 0 Å². The van der Waals surface area contributed by atoms with E-state index in [9.17, 15) is 19.8 Å². The molecule has 2 aliphatic rings. The van der Waals surface area contributed by atoms with Crippen LogP contribution in [0.1, 0.15) is 72.8 Å². The smallest absolute Gasteiger partial charge is 0.308 e. The van der Waals surface area contributed by atoms with Gasteiger partial charge in [-0.05, 0) is 80.0 Å². The van der Waals surface area contributed by atoms with Gasteiger partial charge in [0.1, 0.15) is 11.5 Å². The van der Waals surface area contributed by atoms with Crippen LogP contribution < -0.4 is 9.47 Å². The van der Waals surface area contributed by atoms with E-state index in [1.54, 1.807) is 25.1 Å². The van der Waals surface area contributed by atoms with Crippen molar-refractivity contribution in [2.75, 3.05) is 0 Å². The van der Waals surface area contributed by atoms with Crippen molar-refractivity contribution in [3.05, 3.63) is 23.8 Å². The molecule has 6 heteroatoms. The molecule has 172 valence electrons. The Morgan fingerprint density at radius 1 is 1.06 bits per heavy atom. The number of rotatable bonds is 4. The Hall–Kier alpha value is -1.92. The number of carbonyl (C=O) groups excluding carboxylic acids is 2. The summed E-state index contributed by atoms with van der Waals surface area (Å²) < 4.78 is 10.8. The molecule has 0 bridgehead atoms. The first-order chi connectivity index (χ1) is 14.3. The van der Waals surface area contributed by atoms with Crippen LogP contribution in [0, 0.1) is 22.7 Å². The van der Waals surface area contributed by atoms with Crippen molar-refractivity contribution < 1.29 is 29.3 Å². The fraction of sp³-hybridized carbons (Fsp3) is 0.680. The molecule has 0 radical (unpaired) electrons. The van der Waals surface area contributed by atoms with Crippen LogP contribution in [0.3, 0.4) is 0 Å². The largest absolute Gasteiger partial charge is 0.427 e. The van der Waals surface area contributed by atoms with Gasteiger partial charge in [-0.3, -0.25) is 9.59 Å². The minimum absolute atomic E-state index is 0.171. The predicted molar refractivity (Wildman–Crippen MR) is 117 cm³/mol. The molecule has 3 rings (SSSR count). The SMILES string of the molecule is CC(=O)Oc1ccc(OC(C)=O)c(C[C@]2(C)[C@H](C)CC[C@]3(C)[C@@H]2CC[C@H](O)[C@@]3(C)O)c1. The molecular formula is C25H36O6. The second-order valence-electron chi connectivity index (χ2n) is 10.3. The summed E-state index contributed by atoms with van der Waals surface area (Å²) in [7, 11) is 0. The van der Waals surface area contributed by atoms with Crippen LogP contribution >= 0.6 is 0 Å². The summed E-state index contributed by atoms with van der Waals surface area (Å²) in [5.74, 6) is 0.597. The monoisotopic (exact) mass is 432 g/mol. The standard InChI is InChI=1S/C25H36O6/c1-15-11-12-24(5)21(9-10-22(28)25(24,6)29)23(15,4)14-18-13-19(30-16(2)26)7-8-20(18)31-17(3)27/h7-8,13,15,21-22,28-29H,9-12,14H2,1-6H3/t15-,21-,22+,23-,24-,25-/m1/s1. The minimum atomic E-state index is -1.17. The van der Waals surface area contributed by atoms with Gasteiger partial charge in [0.25, 0.3) is 0 Å². The van der Waals surface area contributed by atoms with E-state index in [-0.39, 0.29) is 11.3 Å². The Morgan fingerprint density at radius 3 is 2.32 bits per heavy atom. The van der Waals surface area contributed by atoms with Crippen LogP contribution in [0.2, 0.25) is 0 Å². The first-order valence-electron chi connectivity index (χ1n) is 11.2. The zero-order chi connectivity index (χ0) is 23.2. The number of carbonyl (C=O) groups is 2. The molecule has 0 amide bonds. The first-order valence-corrected chi connectivity index (χ1v) is 11.2. The lowest BCUT2D eigenvalue weighted by Crippen LogP contribution is -2.65. The summed E-state index contributed by atoms with van der Waals surface area (Å²) in [6.07, 6.45) is 3.02. The van der Waals surface area contributed by atoms with E-state index in [0.717, 1.165) is 24.8 Å². The van der Waals surface area contributed by atoms with Gasteiger partial charge in [-0.15, -0.1) is 0 Å². The Morgan fingerprint density at radius 2 is 1.71 bits per heavy atom. The van der Waals surface area contributed by atoms with Gasteiger partial charge >= 0.3 is 11.9 Å². The molecule has 0 aliphatic heterocycles. The van der Waals surface area contributed by atoms with Gasteiger partial charge in [-0.2, -0.15) is 0 Å². The summed E-state index contributed by atoms with van der Waals surface area (Å²) in [5, 5.41) is 21.9. The number of fused-ring (bicyclic) bond motifs is 1. The lowest BCUT2D eigenvalue weighted by atomic mass is 9.43. The Labute approximate surface area is 184 Å². The molecule has 0 spiro atoms. The highest BCUT2D eigenvalue weighted by molar-refractivity contribution is 5.71. The normalized spacial score (nSPS) is 37.6. The highest BCUT2D eigenvalue weighted by atomic mass is 16.5. The van der Waals surface area contributed by atoms with Crippen LogP contribution in [0.4, 0.5) is 0 Å². The molecule has 31 heavy (non-hydrogen) atoms. The molecule has 1 aromatic carbocycles. The summed E-state index contributed by atoms with van der Waals surface area (Å²) in [6.45, 7) is 11.1. The summed E-state index contributed by atoms with van der Waals surface area (Å²) in [4.78, 5) is 23.2. The molecule has 2 fully saturated rings. The third-order valence-electron chi connectivity index (χ3n) is 8.44. The van der Waals surface area contributed by atoms with Gasteiger partial charge in [0.05, 0.1) is 11.7 Å². The van der Waals surface area contributed by atoms with Crippen LogP contribution in [0.15, 0.2) is 18.2 Å². The minimum Gasteiger partial charge on any atom is -0.427 e. The lowest BCUT2D eigenvalue weighted by molar-refractivity contribution is -0.234. The van der Waals surface area contributed by atoms with Crippen LogP contribution in [-0.2, 0) is 16.0 Å². The molecule has 2 N–H and O–H groups in total. The first kappa shape index (κ1) is 23.7. The number of esters is 2. The van der Waals surface area contributed by atoms with E-state index < -0.39 is 29.1 Å². The maximum Gasteiger partial charge on any atom is 0.308 e. The van der Waals surface area contributed by atoms with E-state index >= 15 is 0 Å². The van der Waals surface area contributed by atoms with E-state index in [4.69, 9.17) is 9.47 Å². The molecule has 6 atom stereocenters. The Bertz CT molecular complexity index is 862.